The number of rotatable bonds is 2. The van der Waals surface area contributed by atoms with Crippen molar-refractivity contribution in [1.29, 1.82) is 0 Å². The molecular formula is C14H20ClN3. The number of anilines is 1. The molecule has 2 heterocycles. The number of hydrogen-bond donors (Lipinski definition) is 1. The van der Waals surface area contributed by atoms with Crippen LogP contribution in [0.3, 0.4) is 0 Å². The zero-order chi connectivity index (χ0) is 12.4. The molecule has 0 spiro atoms. The van der Waals surface area contributed by atoms with Crippen molar-refractivity contribution >= 4 is 17.3 Å². The Morgan fingerprint density at radius 3 is 2.61 bits per heavy atom. The first-order valence-electron chi connectivity index (χ1n) is 6.78. The third-order valence-electron chi connectivity index (χ3n) is 3.95. The van der Waals surface area contributed by atoms with Gasteiger partial charge in [0.05, 0.1) is 0 Å². The zero-order valence-corrected chi connectivity index (χ0v) is 11.4. The van der Waals surface area contributed by atoms with Gasteiger partial charge in [-0.3, -0.25) is 4.90 Å². The van der Waals surface area contributed by atoms with Gasteiger partial charge in [-0.2, -0.15) is 0 Å². The van der Waals surface area contributed by atoms with Crippen LogP contribution < -0.4 is 10.2 Å². The fourth-order valence-corrected chi connectivity index (χ4v) is 2.91. The number of nitrogens with zero attached hydrogens (tertiary/aromatic N) is 2. The average Bonchev–Trinajstić information content (AvgIpc) is 2.59. The van der Waals surface area contributed by atoms with E-state index in [0.717, 1.165) is 30.7 Å². The third kappa shape index (κ3) is 2.63. The molecule has 0 atom stereocenters. The Kier molecular flexibility index (Phi) is 3.73. The molecule has 0 bridgehead atoms. The Morgan fingerprint density at radius 1 is 1.06 bits per heavy atom. The van der Waals surface area contributed by atoms with Gasteiger partial charge >= 0.3 is 0 Å². The van der Waals surface area contributed by atoms with E-state index in [1.165, 1.54) is 31.7 Å². The van der Waals surface area contributed by atoms with Crippen molar-refractivity contribution < 1.29 is 0 Å². The number of nitrogens with one attached hydrogen (secondary N) is 1. The molecule has 0 saturated carbocycles. The van der Waals surface area contributed by atoms with Crippen LogP contribution in [-0.2, 0) is 0 Å². The van der Waals surface area contributed by atoms with Gasteiger partial charge in [0, 0.05) is 42.9 Å². The summed E-state index contributed by atoms with van der Waals surface area (Å²) in [5.74, 6) is 0. The van der Waals surface area contributed by atoms with E-state index in [2.05, 4.69) is 27.2 Å². The van der Waals surface area contributed by atoms with Crippen LogP contribution in [-0.4, -0.2) is 50.2 Å². The van der Waals surface area contributed by atoms with Crippen molar-refractivity contribution in [2.24, 2.45) is 0 Å². The maximum absolute atomic E-state index is 5.91. The number of hydrogen-bond acceptors (Lipinski definition) is 3. The highest BCUT2D eigenvalue weighted by atomic mass is 35.5. The molecule has 2 aliphatic rings. The highest BCUT2D eigenvalue weighted by molar-refractivity contribution is 6.30. The summed E-state index contributed by atoms with van der Waals surface area (Å²) in [4.78, 5) is 5.06. The van der Waals surface area contributed by atoms with Crippen molar-refractivity contribution in [2.75, 3.05) is 44.2 Å². The topological polar surface area (TPSA) is 18.5 Å². The second kappa shape index (κ2) is 5.47. The molecule has 2 saturated heterocycles. The summed E-state index contributed by atoms with van der Waals surface area (Å²) >= 11 is 5.91. The van der Waals surface area contributed by atoms with Crippen LogP contribution in [0.4, 0.5) is 5.69 Å². The van der Waals surface area contributed by atoms with E-state index < -0.39 is 0 Å². The van der Waals surface area contributed by atoms with Gasteiger partial charge in [0.25, 0.3) is 0 Å². The molecule has 3 rings (SSSR count). The third-order valence-corrected chi connectivity index (χ3v) is 4.20. The van der Waals surface area contributed by atoms with Gasteiger partial charge in [-0.05, 0) is 43.8 Å². The molecule has 4 heteroatoms. The molecule has 98 valence electrons. The predicted octanol–water partition coefficient (Wildman–Crippen LogP) is 1.82. The van der Waals surface area contributed by atoms with Crippen LogP contribution in [0.15, 0.2) is 24.3 Å². The first kappa shape index (κ1) is 12.3. The Morgan fingerprint density at radius 2 is 1.83 bits per heavy atom. The normalized spacial score (nSPS) is 22.6. The summed E-state index contributed by atoms with van der Waals surface area (Å²) in [6.45, 7) is 7.05. The van der Waals surface area contributed by atoms with Crippen LogP contribution >= 0.6 is 11.6 Å². The standard InChI is InChI=1S/C14H20ClN3/c15-12-2-4-13(5-3-12)18-10-14(11-18)17-8-1-6-16-7-9-17/h2-5,14,16H,1,6-11H2. The Hall–Kier alpha value is -0.770. The fraction of sp³-hybridized carbons (Fsp3) is 0.571. The van der Waals surface area contributed by atoms with Gasteiger partial charge in [0.1, 0.15) is 0 Å². The van der Waals surface area contributed by atoms with E-state index in [1.54, 1.807) is 0 Å². The smallest absolute Gasteiger partial charge is 0.0447 e. The molecule has 2 aliphatic heterocycles. The first-order chi connectivity index (χ1) is 8.83. The molecule has 2 fully saturated rings. The lowest BCUT2D eigenvalue weighted by molar-refractivity contribution is 0.177. The van der Waals surface area contributed by atoms with E-state index in [0.29, 0.717) is 0 Å². The highest BCUT2D eigenvalue weighted by Crippen LogP contribution is 2.25. The quantitative estimate of drug-likeness (QED) is 0.880. The van der Waals surface area contributed by atoms with Crippen LogP contribution in [0.25, 0.3) is 0 Å². The zero-order valence-electron chi connectivity index (χ0n) is 10.6. The lowest BCUT2D eigenvalue weighted by atomic mass is 10.1. The molecular weight excluding hydrogens is 246 g/mol. The maximum atomic E-state index is 5.91. The average molecular weight is 266 g/mol. The number of halogens is 1. The van der Waals surface area contributed by atoms with Crippen LogP contribution in [0.2, 0.25) is 5.02 Å². The SMILES string of the molecule is Clc1ccc(N2CC(N3CCCNCC3)C2)cc1. The van der Waals surface area contributed by atoms with Crippen molar-refractivity contribution in [2.45, 2.75) is 12.5 Å². The van der Waals surface area contributed by atoms with E-state index in [4.69, 9.17) is 11.6 Å². The summed E-state index contributed by atoms with van der Waals surface area (Å²) in [5.41, 5.74) is 1.29. The second-order valence-corrected chi connectivity index (χ2v) is 5.61. The Balaban J connectivity index is 1.54. The van der Waals surface area contributed by atoms with Gasteiger partial charge in [-0.25, -0.2) is 0 Å². The largest absolute Gasteiger partial charge is 0.368 e. The van der Waals surface area contributed by atoms with E-state index in [9.17, 15) is 0 Å². The minimum Gasteiger partial charge on any atom is -0.368 e. The molecule has 18 heavy (non-hydrogen) atoms. The van der Waals surface area contributed by atoms with Crippen molar-refractivity contribution in [3.8, 4) is 0 Å². The van der Waals surface area contributed by atoms with Gasteiger partial charge in [-0.15, -0.1) is 0 Å². The summed E-state index contributed by atoms with van der Waals surface area (Å²) in [7, 11) is 0. The van der Waals surface area contributed by atoms with E-state index in [1.807, 2.05) is 12.1 Å². The molecule has 1 N–H and O–H groups in total. The number of benzene rings is 1. The van der Waals surface area contributed by atoms with Crippen LogP contribution in [0.1, 0.15) is 6.42 Å². The maximum Gasteiger partial charge on any atom is 0.0447 e. The Labute approximate surface area is 114 Å². The minimum absolute atomic E-state index is 0.737. The van der Waals surface area contributed by atoms with Crippen molar-refractivity contribution in [3.63, 3.8) is 0 Å². The first-order valence-corrected chi connectivity index (χ1v) is 7.16. The van der Waals surface area contributed by atoms with E-state index in [-0.39, 0.29) is 0 Å². The second-order valence-electron chi connectivity index (χ2n) is 5.17. The fourth-order valence-electron chi connectivity index (χ4n) is 2.78. The van der Waals surface area contributed by atoms with Gasteiger partial charge in [-0.1, -0.05) is 11.6 Å². The summed E-state index contributed by atoms with van der Waals surface area (Å²) in [6, 6.07) is 8.91. The van der Waals surface area contributed by atoms with Gasteiger partial charge in [0.2, 0.25) is 0 Å². The molecule has 3 nitrogen and oxygen atoms in total. The highest BCUT2D eigenvalue weighted by Gasteiger charge is 2.31. The van der Waals surface area contributed by atoms with E-state index >= 15 is 0 Å². The molecule has 1 aromatic carbocycles. The Bertz CT molecular complexity index is 379. The summed E-state index contributed by atoms with van der Waals surface area (Å²) in [5, 5.41) is 4.27. The molecule has 0 radical (unpaired) electrons. The lowest BCUT2D eigenvalue weighted by Gasteiger charge is -2.46. The minimum atomic E-state index is 0.737. The molecule has 0 aromatic heterocycles. The summed E-state index contributed by atoms with van der Waals surface area (Å²) in [6.07, 6.45) is 1.28. The summed E-state index contributed by atoms with van der Waals surface area (Å²) < 4.78 is 0. The van der Waals surface area contributed by atoms with Crippen LogP contribution in [0, 0.1) is 0 Å². The molecule has 0 unspecified atom stereocenters. The van der Waals surface area contributed by atoms with Crippen LogP contribution in [0.5, 0.6) is 0 Å². The predicted molar refractivity (Wildman–Crippen MR) is 76.5 cm³/mol. The van der Waals surface area contributed by atoms with Crippen molar-refractivity contribution in [3.05, 3.63) is 29.3 Å². The molecule has 0 aliphatic carbocycles. The van der Waals surface area contributed by atoms with Crippen molar-refractivity contribution in [1.82, 2.24) is 10.2 Å². The molecule has 0 amide bonds. The van der Waals surface area contributed by atoms with Gasteiger partial charge in [0.15, 0.2) is 0 Å². The monoisotopic (exact) mass is 265 g/mol. The van der Waals surface area contributed by atoms with Gasteiger partial charge < -0.3 is 10.2 Å². The lowest BCUT2D eigenvalue weighted by Crippen LogP contribution is -2.60. The molecule has 1 aromatic rings.